The molecule has 0 spiro atoms. The Morgan fingerprint density at radius 2 is 1.29 bits per heavy atom. The van der Waals surface area contributed by atoms with E-state index in [1.54, 1.807) is 36.4 Å². The van der Waals surface area contributed by atoms with Gasteiger partial charge in [-0.1, -0.05) is 65.2 Å². The zero-order valence-corrected chi connectivity index (χ0v) is 24.9. The van der Waals surface area contributed by atoms with Gasteiger partial charge in [-0.2, -0.15) is 0 Å². The van der Waals surface area contributed by atoms with Crippen molar-refractivity contribution in [2.45, 2.75) is 97.5 Å². The number of rotatable bonds is 18. The molecule has 0 N–H and O–H groups in total. The molecule has 41 heavy (non-hydrogen) atoms. The highest BCUT2D eigenvalue weighted by Gasteiger charge is 2.14. The first kappa shape index (κ1) is 31.9. The summed E-state index contributed by atoms with van der Waals surface area (Å²) in [5.74, 6) is 0.306. The molecule has 1 atom stereocenters. The molecule has 1 heterocycles. The lowest BCUT2D eigenvalue weighted by Gasteiger charge is -2.13. The molecule has 0 aliphatic rings. The van der Waals surface area contributed by atoms with Crippen molar-refractivity contribution in [1.82, 2.24) is 4.98 Å². The van der Waals surface area contributed by atoms with E-state index in [-0.39, 0.29) is 12.1 Å². The normalized spacial score (nSPS) is 11.6. The average Bonchev–Trinajstić information content (AvgIpc) is 2.99. The van der Waals surface area contributed by atoms with E-state index in [9.17, 15) is 9.59 Å². The minimum absolute atomic E-state index is 0.131. The molecular weight excluding hydrogens is 514 g/mol. The second kappa shape index (κ2) is 17.9. The highest BCUT2D eigenvalue weighted by molar-refractivity contribution is 5.92. The predicted molar refractivity (Wildman–Crippen MR) is 164 cm³/mol. The lowest BCUT2D eigenvalue weighted by atomic mass is 10.1. The van der Waals surface area contributed by atoms with Crippen LogP contribution in [0.1, 0.15) is 112 Å². The summed E-state index contributed by atoms with van der Waals surface area (Å²) in [5.41, 5.74) is 2.46. The number of hydrogen-bond acceptors (Lipinski definition) is 6. The van der Waals surface area contributed by atoms with Gasteiger partial charge < -0.3 is 14.2 Å². The van der Waals surface area contributed by atoms with E-state index >= 15 is 0 Å². The third kappa shape index (κ3) is 11.4. The largest absolute Gasteiger partial charge is 0.494 e. The lowest BCUT2D eigenvalue weighted by molar-refractivity contribution is 0.0319. The summed E-state index contributed by atoms with van der Waals surface area (Å²) in [7, 11) is 0. The predicted octanol–water partition coefficient (Wildman–Crippen LogP) is 9.22. The fourth-order valence-electron chi connectivity index (χ4n) is 4.47. The van der Waals surface area contributed by atoms with E-state index in [1.807, 2.05) is 31.2 Å². The Labute approximate surface area is 245 Å². The van der Waals surface area contributed by atoms with Crippen molar-refractivity contribution in [1.29, 1.82) is 0 Å². The second-order valence-electron chi connectivity index (χ2n) is 10.6. The number of hydrogen-bond donors (Lipinski definition) is 0. The maximum Gasteiger partial charge on any atom is 0.345 e. The Morgan fingerprint density at radius 3 is 1.95 bits per heavy atom. The average molecular weight is 560 g/mol. The molecule has 0 radical (unpaired) electrons. The summed E-state index contributed by atoms with van der Waals surface area (Å²) in [6.45, 7) is 7.05. The molecule has 3 rings (SSSR count). The molecule has 3 aromatic rings. The molecule has 0 amide bonds. The molecule has 2 aromatic carbocycles. The van der Waals surface area contributed by atoms with Crippen molar-refractivity contribution < 1.29 is 23.8 Å². The fourth-order valence-corrected chi connectivity index (χ4v) is 4.47. The van der Waals surface area contributed by atoms with Crippen LogP contribution in [0.25, 0.3) is 11.3 Å². The van der Waals surface area contributed by atoms with E-state index < -0.39 is 5.97 Å². The Kier molecular flexibility index (Phi) is 13.9. The number of carbonyl (C=O) groups excluding carboxylic acids is 2. The quantitative estimate of drug-likeness (QED) is 0.0878. The highest BCUT2D eigenvalue weighted by atomic mass is 16.5. The van der Waals surface area contributed by atoms with Gasteiger partial charge in [-0.25, -0.2) is 9.59 Å². The van der Waals surface area contributed by atoms with Crippen LogP contribution < -0.4 is 9.47 Å². The van der Waals surface area contributed by atoms with Crippen molar-refractivity contribution >= 4 is 11.9 Å². The van der Waals surface area contributed by atoms with Crippen molar-refractivity contribution in [3.05, 3.63) is 78.0 Å². The van der Waals surface area contributed by atoms with Gasteiger partial charge in [0.05, 0.1) is 29.5 Å². The first-order chi connectivity index (χ1) is 20.0. The Balaban J connectivity index is 1.44. The van der Waals surface area contributed by atoms with Gasteiger partial charge in [0, 0.05) is 11.8 Å². The van der Waals surface area contributed by atoms with Crippen LogP contribution in [0.5, 0.6) is 11.5 Å². The number of unbranched alkanes of at least 4 members (excludes halogenated alkanes) is 8. The highest BCUT2D eigenvalue weighted by Crippen LogP contribution is 2.22. The smallest absolute Gasteiger partial charge is 0.345 e. The molecule has 6 nitrogen and oxygen atoms in total. The Bertz CT molecular complexity index is 1170. The minimum Gasteiger partial charge on any atom is -0.494 e. The van der Waals surface area contributed by atoms with Gasteiger partial charge in [-0.05, 0) is 86.8 Å². The number of nitrogens with zero attached hydrogens (tertiary/aromatic N) is 1. The van der Waals surface area contributed by atoms with E-state index in [2.05, 4.69) is 18.8 Å². The van der Waals surface area contributed by atoms with Gasteiger partial charge in [0.2, 0.25) is 0 Å². The molecule has 0 aliphatic heterocycles. The summed E-state index contributed by atoms with van der Waals surface area (Å²) in [6.07, 6.45) is 14.2. The maximum atomic E-state index is 12.6. The van der Waals surface area contributed by atoms with Crippen LogP contribution >= 0.6 is 0 Å². The molecule has 0 saturated heterocycles. The minimum atomic E-state index is -0.515. The van der Waals surface area contributed by atoms with Gasteiger partial charge in [-0.3, -0.25) is 4.98 Å². The third-order valence-corrected chi connectivity index (χ3v) is 6.99. The van der Waals surface area contributed by atoms with Crippen LogP contribution in [0.15, 0.2) is 66.9 Å². The van der Waals surface area contributed by atoms with Crippen LogP contribution in [0.4, 0.5) is 0 Å². The SMILES string of the molecule is CCCCCCCCOc1ccc(-c2ccc(C(=O)Oc3ccc(C(=O)O[C@@H](C)CCCCCC)cc3)cn2)cc1. The summed E-state index contributed by atoms with van der Waals surface area (Å²) < 4.78 is 16.9. The Morgan fingerprint density at radius 1 is 0.683 bits per heavy atom. The molecule has 0 saturated carbocycles. The zero-order chi connectivity index (χ0) is 29.3. The van der Waals surface area contributed by atoms with Gasteiger partial charge in [0.15, 0.2) is 0 Å². The third-order valence-electron chi connectivity index (χ3n) is 6.99. The molecule has 220 valence electrons. The van der Waals surface area contributed by atoms with Crippen LogP contribution in [-0.4, -0.2) is 29.6 Å². The van der Waals surface area contributed by atoms with Gasteiger partial charge in [-0.15, -0.1) is 0 Å². The van der Waals surface area contributed by atoms with Gasteiger partial charge in [0.1, 0.15) is 11.5 Å². The van der Waals surface area contributed by atoms with E-state index in [1.165, 1.54) is 51.1 Å². The fraction of sp³-hybridized carbons (Fsp3) is 0.457. The van der Waals surface area contributed by atoms with Crippen molar-refractivity contribution in [3.8, 4) is 22.8 Å². The lowest BCUT2D eigenvalue weighted by Crippen LogP contribution is -2.15. The summed E-state index contributed by atoms with van der Waals surface area (Å²) in [6, 6.07) is 17.7. The number of esters is 2. The molecule has 0 unspecified atom stereocenters. The zero-order valence-electron chi connectivity index (χ0n) is 24.9. The second-order valence-corrected chi connectivity index (χ2v) is 10.6. The molecule has 0 aliphatic carbocycles. The van der Waals surface area contributed by atoms with E-state index in [0.29, 0.717) is 16.9 Å². The summed E-state index contributed by atoms with van der Waals surface area (Å²) >= 11 is 0. The van der Waals surface area contributed by atoms with Crippen LogP contribution in [0.3, 0.4) is 0 Å². The van der Waals surface area contributed by atoms with Gasteiger partial charge in [0.25, 0.3) is 0 Å². The van der Waals surface area contributed by atoms with E-state index in [4.69, 9.17) is 14.2 Å². The number of benzene rings is 2. The number of ether oxygens (including phenoxy) is 3. The number of pyridine rings is 1. The molecule has 0 bridgehead atoms. The molecule has 0 fully saturated rings. The van der Waals surface area contributed by atoms with Crippen LogP contribution in [0, 0.1) is 0 Å². The van der Waals surface area contributed by atoms with Crippen LogP contribution in [-0.2, 0) is 4.74 Å². The molecule has 1 aromatic heterocycles. The summed E-state index contributed by atoms with van der Waals surface area (Å²) in [5, 5.41) is 0. The summed E-state index contributed by atoms with van der Waals surface area (Å²) in [4.78, 5) is 29.5. The molecular formula is C35H45NO5. The first-order valence-corrected chi connectivity index (χ1v) is 15.2. The number of carbonyl (C=O) groups is 2. The topological polar surface area (TPSA) is 74.7 Å². The molecule has 6 heteroatoms. The van der Waals surface area contributed by atoms with Crippen molar-refractivity contribution in [3.63, 3.8) is 0 Å². The van der Waals surface area contributed by atoms with Crippen molar-refractivity contribution in [2.24, 2.45) is 0 Å². The van der Waals surface area contributed by atoms with E-state index in [0.717, 1.165) is 49.3 Å². The maximum absolute atomic E-state index is 12.6. The number of aromatic nitrogens is 1. The monoisotopic (exact) mass is 559 g/mol. The van der Waals surface area contributed by atoms with Gasteiger partial charge >= 0.3 is 11.9 Å². The Hall–Kier alpha value is -3.67. The standard InChI is InChI=1S/C35H45NO5/c1-4-6-8-10-11-13-25-39-31-20-15-28(16-21-31)33-24-19-30(26-36-33)35(38)41-32-22-17-29(18-23-32)34(37)40-27(3)14-12-9-7-5-2/h15-24,26-27H,4-14,25H2,1-3H3/t27-/m0/s1. The van der Waals surface area contributed by atoms with Crippen molar-refractivity contribution in [2.75, 3.05) is 6.61 Å². The van der Waals surface area contributed by atoms with Crippen LogP contribution in [0.2, 0.25) is 0 Å². The first-order valence-electron chi connectivity index (χ1n) is 15.2.